The highest BCUT2D eigenvalue weighted by atomic mass is 32.2. The molecule has 0 radical (unpaired) electrons. The zero-order chi connectivity index (χ0) is 24.3. The Hall–Kier alpha value is -2.84. The fourth-order valence-electron chi connectivity index (χ4n) is 2.78. The molecule has 0 spiro atoms. The van der Waals surface area contributed by atoms with Gasteiger partial charge in [0.25, 0.3) is 0 Å². The smallest absolute Gasteiger partial charge is 0.324 e. The van der Waals surface area contributed by atoms with Gasteiger partial charge >= 0.3 is 18.3 Å². The third-order valence-corrected chi connectivity index (χ3v) is 6.29. The highest BCUT2D eigenvalue weighted by molar-refractivity contribution is 7.91. The van der Waals surface area contributed by atoms with Crippen molar-refractivity contribution in [3.63, 3.8) is 0 Å². The lowest BCUT2D eigenvalue weighted by Gasteiger charge is -2.18. The van der Waals surface area contributed by atoms with Crippen molar-refractivity contribution in [1.82, 2.24) is 19.5 Å². The van der Waals surface area contributed by atoms with Crippen molar-refractivity contribution in [2.75, 3.05) is 5.75 Å². The summed E-state index contributed by atoms with van der Waals surface area (Å²) in [4.78, 5) is 9.73. The minimum atomic E-state index is -5.93. The average molecular weight is 488 g/mol. The molecule has 0 saturated carbocycles. The summed E-state index contributed by atoms with van der Waals surface area (Å²) in [5.41, 5.74) is -4.02. The van der Waals surface area contributed by atoms with Gasteiger partial charge in [-0.2, -0.15) is 35.1 Å². The Morgan fingerprint density at radius 1 is 0.969 bits per heavy atom. The lowest BCUT2D eigenvalue weighted by molar-refractivity contribution is -0.290. The highest BCUT2D eigenvalue weighted by Crippen LogP contribution is 2.43. The summed E-state index contributed by atoms with van der Waals surface area (Å²) in [5, 5.41) is 0. The SMILES string of the molecule is CCS(=O)(=O)c1cc(C(F)(F)F)cnc1-c1nc2cc(C(F)(F)C(F)(F)F)ncc2n1C. The van der Waals surface area contributed by atoms with Crippen LogP contribution in [0.15, 0.2) is 29.4 Å². The number of fused-ring (bicyclic) bond motifs is 1. The van der Waals surface area contributed by atoms with Gasteiger partial charge in [-0.05, 0) is 12.1 Å². The van der Waals surface area contributed by atoms with Crippen LogP contribution in [0.5, 0.6) is 0 Å². The van der Waals surface area contributed by atoms with Crippen LogP contribution in [0.25, 0.3) is 22.6 Å². The van der Waals surface area contributed by atoms with E-state index in [9.17, 15) is 43.5 Å². The molecule has 3 rings (SSSR count). The van der Waals surface area contributed by atoms with Crippen molar-refractivity contribution in [3.8, 4) is 11.5 Å². The summed E-state index contributed by atoms with van der Waals surface area (Å²) < 4.78 is 130. The van der Waals surface area contributed by atoms with Gasteiger partial charge in [0.05, 0.1) is 33.4 Å². The molecule has 0 atom stereocenters. The molecule has 174 valence electrons. The second kappa shape index (κ2) is 7.35. The fourth-order valence-corrected chi connectivity index (χ4v) is 3.83. The zero-order valence-corrected chi connectivity index (χ0v) is 16.9. The summed E-state index contributed by atoms with van der Waals surface area (Å²) in [6.07, 6.45) is -9.80. The number of pyridine rings is 2. The average Bonchev–Trinajstić information content (AvgIpc) is 3.02. The molecule has 6 nitrogen and oxygen atoms in total. The number of halogens is 8. The molecule has 0 amide bonds. The molecule has 0 aliphatic carbocycles. The van der Waals surface area contributed by atoms with Crippen molar-refractivity contribution in [2.45, 2.75) is 30.1 Å². The summed E-state index contributed by atoms with van der Waals surface area (Å²) in [7, 11) is -3.02. The van der Waals surface area contributed by atoms with E-state index in [1.54, 1.807) is 0 Å². The van der Waals surface area contributed by atoms with Crippen LogP contribution in [0.2, 0.25) is 0 Å². The second-order valence-corrected chi connectivity index (χ2v) is 8.84. The van der Waals surface area contributed by atoms with Crippen LogP contribution in [-0.2, 0) is 29.0 Å². The Morgan fingerprint density at radius 2 is 1.59 bits per heavy atom. The maximum absolute atomic E-state index is 13.6. The van der Waals surface area contributed by atoms with Gasteiger partial charge in [-0.1, -0.05) is 6.92 Å². The van der Waals surface area contributed by atoms with Gasteiger partial charge in [-0.3, -0.25) is 9.97 Å². The van der Waals surface area contributed by atoms with E-state index in [1.807, 2.05) is 0 Å². The van der Waals surface area contributed by atoms with Crippen LogP contribution in [-0.4, -0.2) is 39.9 Å². The number of aryl methyl sites for hydroxylation is 1. The fraction of sp³-hybridized carbons (Fsp3) is 0.353. The Morgan fingerprint density at radius 3 is 2.12 bits per heavy atom. The maximum atomic E-state index is 13.6. The first-order valence-corrected chi connectivity index (χ1v) is 10.2. The largest absolute Gasteiger partial charge is 0.459 e. The molecule has 3 aromatic rings. The highest BCUT2D eigenvalue weighted by Gasteiger charge is 2.60. The number of nitrogens with zero attached hydrogens (tertiary/aromatic N) is 4. The molecule has 15 heteroatoms. The zero-order valence-electron chi connectivity index (χ0n) is 16.1. The summed E-state index contributed by atoms with van der Waals surface area (Å²) in [6.45, 7) is 1.18. The third kappa shape index (κ3) is 3.89. The number of hydrogen-bond donors (Lipinski definition) is 0. The van der Waals surface area contributed by atoms with Crippen LogP contribution in [0, 0.1) is 0 Å². The van der Waals surface area contributed by atoms with Gasteiger partial charge in [-0.25, -0.2) is 13.4 Å². The van der Waals surface area contributed by atoms with Gasteiger partial charge in [-0.15, -0.1) is 0 Å². The number of aromatic nitrogens is 4. The quantitative estimate of drug-likeness (QED) is 0.506. The number of sulfone groups is 1. The van der Waals surface area contributed by atoms with Gasteiger partial charge in [0.15, 0.2) is 15.7 Å². The van der Waals surface area contributed by atoms with Crippen LogP contribution >= 0.6 is 0 Å². The van der Waals surface area contributed by atoms with E-state index >= 15 is 0 Å². The predicted octanol–water partition coefficient (Wildman–Crippen LogP) is 4.50. The number of alkyl halides is 8. The summed E-state index contributed by atoms with van der Waals surface area (Å²) >= 11 is 0. The molecule has 32 heavy (non-hydrogen) atoms. The molecule has 3 aromatic heterocycles. The van der Waals surface area contributed by atoms with Crippen molar-refractivity contribution in [1.29, 1.82) is 0 Å². The minimum absolute atomic E-state index is 0.0803. The molecule has 0 unspecified atom stereocenters. The lowest BCUT2D eigenvalue weighted by Crippen LogP contribution is -2.34. The summed E-state index contributed by atoms with van der Waals surface area (Å²) in [5.74, 6) is -6.24. The van der Waals surface area contributed by atoms with E-state index in [1.165, 1.54) is 14.0 Å². The standard InChI is InChI=1S/C17H12F8N4O2S/c1-3-32(30,31)11-4-8(16(20,21)22)6-27-13(11)14-28-9-5-12(15(18,19)17(23,24)25)26-7-10(9)29(14)2/h4-7H,3H2,1-2H3. The Labute approximate surface area is 174 Å². The lowest BCUT2D eigenvalue weighted by atomic mass is 10.2. The first kappa shape index (κ1) is 23.8. The van der Waals surface area contributed by atoms with Gasteiger partial charge in [0, 0.05) is 13.2 Å². The van der Waals surface area contributed by atoms with E-state index < -0.39 is 61.2 Å². The maximum Gasteiger partial charge on any atom is 0.459 e. The van der Waals surface area contributed by atoms with Gasteiger partial charge in [0.2, 0.25) is 0 Å². The molecule has 0 fully saturated rings. The number of hydrogen-bond acceptors (Lipinski definition) is 5. The first-order chi connectivity index (χ1) is 14.5. The molecule has 0 aliphatic heterocycles. The van der Waals surface area contributed by atoms with Crippen molar-refractivity contribution >= 4 is 20.9 Å². The monoisotopic (exact) mass is 488 g/mol. The van der Waals surface area contributed by atoms with E-state index in [2.05, 4.69) is 15.0 Å². The molecule has 0 saturated heterocycles. The van der Waals surface area contributed by atoms with E-state index in [0.717, 1.165) is 4.57 Å². The Balaban J connectivity index is 2.28. The van der Waals surface area contributed by atoms with Gasteiger partial charge < -0.3 is 4.57 Å². The minimum Gasteiger partial charge on any atom is -0.324 e. The van der Waals surface area contributed by atoms with Crippen molar-refractivity contribution < 1.29 is 43.5 Å². The first-order valence-electron chi connectivity index (χ1n) is 8.58. The second-order valence-electron chi connectivity index (χ2n) is 6.60. The molecule has 0 bridgehead atoms. The Kier molecular flexibility index (Phi) is 5.47. The van der Waals surface area contributed by atoms with E-state index in [4.69, 9.17) is 0 Å². The van der Waals surface area contributed by atoms with Crippen molar-refractivity contribution in [2.24, 2.45) is 7.05 Å². The van der Waals surface area contributed by atoms with Crippen molar-refractivity contribution in [3.05, 3.63) is 35.8 Å². The van der Waals surface area contributed by atoms with Crippen LogP contribution in [0.1, 0.15) is 18.2 Å². The molecule has 0 aromatic carbocycles. The van der Waals surface area contributed by atoms with Gasteiger partial charge in [0.1, 0.15) is 11.4 Å². The predicted molar refractivity (Wildman–Crippen MR) is 94.4 cm³/mol. The molecule has 3 heterocycles. The molecular weight excluding hydrogens is 476 g/mol. The van der Waals surface area contributed by atoms with Crippen LogP contribution in [0.3, 0.4) is 0 Å². The summed E-state index contributed by atoms with van der Waals surface area (Å²) in [6, 6.07) is 0.729. The normalized spacial score (nSPS) is 13.7. The molecule has 0 N–H and O–H groups in total. The number of imidazole rings is 1. The molecular formula is C17H12F8N4O2S. The molecule has 0 aliphatic rings. The topological polar surface area (TPSA) is 77.7 Å². The van der Waals surface area contributed by atoms with Crippen LogP contribution in [0.4, 0.5) is 35.1 Å². The number of rotatable bonds is 4. The van der Waals surface area contributed by atoms with E-state index in [-0.39, 0.29) is 11.3 Å². The van der Waals surface area contributed by atoms with E-state index in [0.29, 0.717) is 24.5 Å². The third-order valence-electron chi connectivity index (χ3n) is 4.55. The van der Waals surface area contributed by atoms with Crippen LogP contribution < -0.4 is 0 Å². The Bertz CT molecular complexity index is 1300.